The number of anilines is 2. The van der Waals surface area contributed by atoms with Gasteiger partial charge in [0.2, 0.25) is 5.91 Å². The first-order valence-corrected chi connectivity index (χ1v) is 9.72. The van der Waals surface area contributed by atoms with Crippen LogP contribution in [0.1, 0.15) is 25.8 Å². The van der Waals surface area contributed by atoms with Crippen LogP contribution in [0.15, 0.2) is 47.4 Å². The van der Waals surface area contributed by atoms with Gasteiger partial charge in [0.15, 0.2) is 0 Å². The number of carbonyl (C=O) groups excluding carboxylic acids is 1. The van der Waals surface area contributed by atoms with Gasteiger partial charge in [-0.1, -0.05) is 31.5 Å². The molecule has 0 unspecified atom stereocenters. The lowest BCUT2D eigenvalue weighted by Crippen LogP contribution is -2.17. The maximum Gasteiger partial charge on any atom is 0.262 e. The second-order valence-corrected chi connectivity index (χ2v) is 8.33. The van der Waals surface area contributed by atoms with Crippen LogP contribution in [-0.4, -0.2) is 14.3 Å². The van der Waals surface area contributed by atoms with Crippen molar-refractivity contribution in [3.8, 4) is 0 Å². The molecule has 0 aliphatic rings. The Hall–Kier alpha value is -2.05. The van der Waals surface area contributed by atoms with Gasteiger partial charge in [-0.2, -0.15) is 0 Å². The van der Waals surface area contributed by atoms with Crippen molar-refractivity contribution in [2.75, 3.05) is 10.0 Å². The molecule has 0 atom stereocenters. The number of amides is 1. The first-order valence-electron chi connectivity index (χ1n) is 7.86. The summed E-state index contributed by atoms with van der Waals surface area (Å²) in [7, 11) is -3.78. The summed E-state index contributed by atoms with van der Waals surface area (Å²) in [4.78, 5) is 12.0. The van der Waals surface area contributed by atoms with Gasteiger partial charge in [0, 0.05) is 22.8 Å². The molecule has 5 nitrogen and oxygen atoms in total. The number of hydrogen-bond acceptors (Lipinski definition) is 3. The predicted molar refractivity (Wildman–Crippen MR) is 102 cm³/mol. The van der Waals surface area contributed by atoms with Crippen LogP contribution in [-0.2, 0) is 14.8 Å². The van der Waals surface area contributed by atoms with Crippen molar-refractivity contribution in [3.63, 3.8) is 0 Å². The lowest BCUT2D eigenvalue weighted by Gasteiger charge is -2.13. The van der Waals surface area contributed by atoms with Crippen LogP contribution < -0.4 is 10.0 Å². The molecule has 2 rings (SSSR count). The predicted octanol–water partition coefficient (Wildman–Crippen LogP) is 4.43. The van der Waals surface area contributed by atoms with Gasteiger partial charge in [0.05, 0.1) is 4.90 Å². The molecule has 1 amide bonds. The van der Waals surface area contributed by atoms with Gasteiger partial charge in [-0.3, -0.25) is 9.52 Å². The number of aryl methyl sites for hydroxylation is 1. The lowest BCUT2D eigenvalue weighted by atomic mass is 10.1. The summed E-state index contributed by atoms with van der Waals surface area (Å²) >= 11 is 5.81. The minimum Gasteiger partial charge on any atom is -0.326 e. The molecule has 25 heavy (non-hydrogen) atoms. The van der Waals surface area contributed by atoms with E-state index in [4.69, 9.17) is 11.6 Å². The van der Waals surface area contributed by atoms with Gasteiger partial charge >= 0.3 is 0 Å². The Labute approximate surface area is 153 Å². The fourth-order valence-corrected chi connectivity index (χ4v) is 3.73. The molecule has 0 aliphatic heterocycles. The number of benzene rings is 2. The Morgan fingerprint density at radius 2 is 1.68 bits per heavy atom. The molecule has 0 bridgehead atoms. The number of rotatable bonds is 6. The smallest absolute Gasteiger partial charge is 0.262 e. The lowest BCUT2D eigenvalue weighted by molar-refractivity contribution is -0.116. The fourth-order valence-electron chi connectivity index (χ4n) is 2.28. The molecule has 134 valence electrons. The van der Waals surface area contributed by atoms with Gasteiger partial charge < -0.3 is 5.32 Å². The van der Waals surface area contributed by atoms with Crippen molar-refractivity contribution in [2.45, 2.75) is 32.1 Å². The van der Waals surface area contributed by atoms with Crippen molar-refractivity contribution in [3.05, 3.63) is 53.1 Å². The average Bonchev–Trinajstić information content (AvgIpc) is 2.50. The van der Waals surface area contributed by atoms with Gasteiger partial charge in [0.25, 0.3) is 10.0 Å². The van der Waals surface area contributed by atoms with E-state index in [2.05, 4.69) is 10.0 Å². The number of halogens is 1. The third-order valence-electron chi connectivity index (χ3n) is 3.45. The summed E-state index contributed by atoms with van der Waals surface area (Å²) in [6.07, 6.45) is 0.374. The highest BCUT2D eigenvalue weighted by Crippen LogP contribution is 2.24. The molecule has 0 aliphatic carbocycles. The molecule has 0 saturated carbocycles. The van der Waals surface area contributed by atoms with E-state index < -0.39 is 10.0 Å². The first-order chi connectivity index (χ1) is 11.7. The maximum atomic E-state index is 12.7. The molecule has 7 heteroatoms. The normalized spacial score (nSPS) is 11.4. The van der Waals surface area contributed by atoms with Gasteiger partial charge in [-0.25, -0.2) is 8.42 Å². The highest BCUT2D eigenvalue weighted by Gasteiger charge is 2.18. The van der Waals surface area contributed by atoms with Gasteiger partial charge in [0.1, 0.15) is 0 Å². The Kier molecular flexibility index (Phi) is 6.08. The quantitative estimate of drug-likeness (QED) is 0.778. The second kappa shape index (κ2) is 7.89. The molecule has 2 N–H and O–H groups in total. The molecular weight excluding hydrogens is 360 g/mol. The van der Waals surface area contributed by atoms with Crippen LogP contribution in [0.3, 0.4) is 0 Å². The number of carbonyl (C=O) groups is 1. The summed E-state index contributed by atoms with van der Waals surface area (Å²) < 4.78 is 27.8. The van der Waals surface area contributed by atoms with Crippen LogP contribution in [0.2, 0.25) is 5.02 Å². The molecule has 0 radical (unpaired) electrons. The highest BCUT2D eigenvalue weighted by atomic mass is 35.5. The molecule has 0 saturated heterocycles. The SMILES string of the molecule is Cc1ccc(NC(=O)CC(C)C)cc1S(=O)(=O)Nc1ccc(Cl)cc1. The molecule has 0 heterocycles. The summed E-state index contributed by atoms with van der Waals surface area (Å²) in [5.74, 6) is 0.0769. The van der Waals surface area contributed by atoms with E-state index in [-0.39, 0.29) is 16.7 Å². The molecule has 0 aromatic heterocycles. The number of nitrogens with one attached hydrogen (secondary N) is 2. The van der Waals surface area contributed by atoms with E-state index in [1.807, 2.05) is 13.8 Å². The molecule has 0 fully saturated rings. The second-order valence-electron chi connectivity index (χ2n) is 6.24. The topological polar surface area (TPSA) is 75.3 Å². The van der Waals surface area contributed by atoms with Crippen LogP contribution in [0.25, 0.3) is 0 Å². The van der Waals surface area contributed by atoms with E-state index in [1.54, 1.807) is 43.3 Å². The van der Waals surface area contributed by atoms with Gasteiger partial charge in [-0.15, -0.1) is 0 Å². The standard InChI is InChI=1S/C18H21ClN2O3S/c1-12(2)10-18(22)20-16-7-4-13(3)17(11-16)25(23,24)21-15-8-5-14(19)6-9-15/h4-9,11-12,21H,10H2,1-3H3,(H,20,22). The van der Waals surface area contributed by atoms with Crippen LogP contribution in [0, 0.1) is 12.8 Å². The zero-order valence-electron chi connectivity index (χ0n) is 14.3. The Morgan fingerprint density at radius 3 is 2.28 bits per heavy atom. The summed E-state index contributed by atoms with van der Waals surface area (Å²) in [5, 5.41) is 3.26. The molecule has 2 aromatic carbocycles. The van der Waals surface area contributed by atoms with Crippen molar-refractivity contribution in [2.24, 2.45) is 5.92 Å². The molecule has 2 aromatic rings. The first kappa shape index (κ1) is 19.3. The zero-order valence-corrected chi connectivity index (χ0v) is 15.9. The van der Waals surface area contributed by atoms with E-state index in [0.29, 0.717) is 28.4 Å². The monoisotopic (exact) mass is 380 g/mol. The maximum absolute atomic E-state index is 12.7. The summed E-state index contributed by atoms with van der Waals surface area (Å²) in [6, 6.07) is 11.2. The minimum atomic E-state index is -3.78. The van der Waals surface area contributed by atoms with E-state index >= 15 is 0 Å². The zero-order chi connectivity index (χ0) is 18.6. The van der Waals surface area contributed by atoms with E-state index in [9.17, 15) is 13.2 Å². The Bertz CT molecular complexity index is 862. The van der Waals surface area contributed by atoms with Gasteiger partial charge in [-0.05, 0) is 54.8 Å². The summed E-state index contributed by atoms with van der Waals surface area (Å²) in [6.45, 7) is 5.59. The average molecular weight is 381 g/mol. The molecule has 0 spiro atoms. The third-order valence-corrected chi connectivity index (χ3v) is 5.23. The van der Waals surface area contributed by atoms with Crippen LogP contribution in [0.5, 0.6) is 0 Å². The largest absolute Gasteiger partial charge is 0.326 e. The van der Waals surface area contributed by atoms with Crippen molar-refractivity contribution >= 4 is 38.9 Å². The van der Waals surface area contributed by atoms with Crippen molar-refractivity contribution < 1.29 is 13.2 Å². The highest BCUT2D eigenvalue weighted by molar-refractivity contribution is 7.92. The van der Waals surface area contributed by atoms with Crippen LogP contribution in [0.4, 0.5) is 11.4 Å². The van der Waals surface area contributed by atoms with Crippen molar-refractivity contribution in [1.29, 1.82) is 0 Å². The van der Waals surface area contributed by atoms with Crippen LogP contribution >= 0.6 is 11.6 Å². The fraction of sp³-hybridized carbons (Fsp3) is 0.278. The third kappa shape index (κ3) is 5.47. The van der Waals surface area contributed by atoms with Crippen molar-refractivity contribution in [1.82, 2.24) is 0 Å². The minimum absolute atomic E-state index is 0.116. The number of hydrogen-bond donors (Lipinski definition) is 2. The van der Waals surface area contributed by atoms with E-state index in [1.165, 1.54) is 6.07 Å². The van der Waals surface area contributed by atoms with E-state index in [0.717, 1.165) is 0 Å². The molecular formula is C18H21ClN2O3S. The summed E-state index contributed by atoms with van der Waals surface area (Å²) in [5.41, 5.74) is 1.45. The number of sulfonamides is 1. The Balaban J connectivity index is 2.26. The Morgan fingerprint density at radius 1 is 1.08 bits per heavy atom.